The predicted octanol–water partition coefficient (Wildman–Crippen LogP) is -1.60. The van der Waals surface area contributed by atoms with Crippen LogP contribution in [0.5, 0.6) is 0 Å². The van der Waals surface area contributed by atoms with Crippen LogP contribution in [0.1, 0.15) is 6.42 Å². The van der Waals surface area contributed by atoms with Crippen molar-refractivity contribution in [3.05, 3.63) is 0 Å². The molecule has 6 heteroatoms. The van der Waals surface area contributed by atoms with Gasteiger partial charge in [0.25, 0.3) is 0 Å². The van der Waals surface area contributed by atoms with Crippen LogP contribution in [0.2, 0.25) is 0 Å². The molecule has 0 spiro atoms. The Balaban J connectivity index is 2.71. The van der Waals surface area contributed by atoms with Crippen LogP contribution >= 0.6 is 0 Å². The van der Waals surface area contributed by atoms with Crippen LogP contribution in [0.3, 0.4) is 0 Å². The van der Waals surface area contributed by atoms with Gasteiger partial charge in [-0.05, 0) is 0 Å². The number of aliphatic hydroxyl groups excluding tert-OH is 1. The lowest BCUT2D eigenvalue weighted by atomic mass is 10.2. The molecule has 2 amide bonds. The fourth-order valence-electron chi connectivity index (χ4n) is 1.42. The Labute approximate surface area is 74.3 Å². The van der Waals surface area contributed by atoms with Crippen molar-refractivity contribution in [1.29, 1.82) is 0 Å². The van der Waals surface area contributed by atoms with Gasteiger partial charge in [0, 0.05) is 6.42 Å². The number of nitrogens with two attached hydrogens (primary N) is 1. The molecule has 1 saturated heterocycles. The van der Waals surface area contributed by atoms with Crippen LogP contribution in [0.25, 0.3) is 0 Å². The first-order valence-corrected chi connectivity index (χ1v) is 3.90. The third-order valence-corrected chi connectivity index (χ3v) is 2.03. The zero-order chi connectivity index (χ0) is 10.0. The maximum Gasteiger partial charge on any atom is 0.249 e. The highest BCUT2D eigenvalue weighted by Gasteiger charge is 2.38. The molecular formula is C7H11FN2O3. The molecule has 0 aromatic heterocycles. The van der Waals surface area contributed by atoms with Gasteiger partial charge in [-0.1, -0.05) is 0 Å². The summed E-state index contributed by atoms with van der Waals surface area (Å²) in [4.78, 5) is 22.7. The van der Waals surface area contributed by atoms with Gasteiger partial charge in [-0.15, -0.1) is 0 Å². The quantitative estimate of drug-likeness (QED) is 0.550. The number of hydrogen-bond acceptors (Lipinski definition) is 3. The second kappa shape index (κ2) is 3.69. The Morgan fingerprint density at radius 3 is 2.69 bits per heavy atom. The smallest absolute Gasteiger partial charge is 0.249 e. The van der Waals surface area contributed by atoms with Crippen molar-refractivity contribution in [2.24, 2.45) is 5.73 Å². The van der Waals surface area contributed by atoms with Gasteiger partial charge in [0.05, 0.1) is 6.54 Å². The topological polar surface area (TPSA) is 83.6 Å². The van der Waals surface area contributed by atoms with Crippen LogP contribution in [-0.4, -0.2) is 47.2 Å². The van der Waals surface area contributed by atoms with Crippen molar-refractivity contribution in [2.45, 2.75) is 18.6 Å². The summed E-state index contributed by atoms with van der Waals surface area (Å²) < 4.78 is 12.8. The van der Waals surface area contributed by atoms with Crippen molar-refractivity contribution >= 4 is 11.8 Å². The predicted molar refractivity (Wildman–Crippen MR) is 41.3 cm³/mol. The number of amides is 2. The molecule has 1 aliphatic heterocycles. The Bertz CT molecular complexity index is 234. The van der Waals surface area contributed by atoms with E-state index >= 15 is 0 Å². The molecule has 74 valence electrons. The molecule has 0 unspecified atom stereocenters. The number of hydrogen-bond donors (Lipinski definition) is 2. The minimum atomic E-state index is -1.23. The maximum absolute atomic E-state index is 12.8. The molecule has 13 heavy (non-hydrogen) atoms. The molecule has 0 aromatic rings. The second-order valence-electron chi connectivity index (χ2n) is 2.96. The minimum absolute atomic E-state index is 0.0684. The Hall–Kier alpha value is -1.17. The average molecular weight is 190 g/mol. The van der Waals surface area contributed by atoms with E-state index in [1.54, 1.807) is 0 Å². The number of carbonyl (C=O) groups is 2. The Kier molecular flexibility index (Phi) is 2.82. The molecule has 1 fully saturated rings. The largest absolute Gasteiger partial charge is 0.387 e. The van der Waals surface area contributed by atoms with Crippen molar-refractivity contribution in [1.82, 2.24) is 4.90 Å². The Morgan fingerprint density at radius 1 is 1.62 bits per heavy atom. The minimum Gasteiger partial charge on any atom is -0.387 e. The normalized spacial score (nSPS) is 27.7. The molecule has 3 N–H and O–H groups in total. The average Bonchev–Trinajstić information content (AvgIpc) is 2.46. The number of carbonyl (C=O) groups excluding carboxylic acids is 2. The zero-order valence-electron chi connectivity index (χ0n) is 6.94. The summed E-state index contributed by atoms with van der Waals surface area (Å²) >= 11 is 0. The highest BCUT2D eigenvalue weighted by molar-refractivity contribution is 5.87. The summed E-state index contributed by atoms with van der Waals surface area (Å²) in [6.07, 6.45) is -1.30. The van der Waals surface area contributed by atoms with Crippen LogP contribution in [-0.2, 0) is 9.59 Å². The first kappa shape index (κ1) is 9.91. The molecular weight excluding hydrogens is 179 g/mol. The number of nitrogens with zero attached hydrogens (tertiary/aromatic N) is 1. The van der Waals surface area contributed by atoms with E-state index in [1.807, 2.05) is 0 Å². The lowest BCUT2D eigenvalue weighted by Gasteiger charge is -2.20. The number of rotatable bonds is 2. The molecule has 0 aromatic carbocycles. The number of primary amides is 1. The van der Waals surface area contributed by atoms with Crippen molar-refractivity contribution in [3.8, 4) is 0 Å². The molecule has 1 aliphatic rings. The number of halogens is 1. The van der Waals surface area contributed by atoms with Crippen molar-refractivity contribution in [2.75, 3.05) is 13.2 Å². The lowest BCUT2D eigenvalue weighted by Crippen LogP contribution is -2.44. The van der Waals surface area contributed by atoms with E-state index < -0.39 is 30.6 Å². The lowest BCUT2D eigenvalue weighted by molar-refractivity contribution is -0.139. The summed E-state index contributed by atoms with van der Waals surface area (Å²) in [6.45, 7) is -0.885. The third kappa shape index (κ3) is 1.95. The molecule has 2 atom stereocenters. The molecule has 0 bridgehead atoms. The van der Waals surface area contributed by atoms with Gasteiger partial charge < -0.3 is 15.7 Å². The fourth-order valence-corrected chi connectivity index (χ4v) is 1.42. The third-order valence-electron chi connectivity index (χ3n) is 2.03. The summed E-state index contributed by atoms with van der Waals surface area (Å²) in [6, 6.07) is -0.908. The van der Waals surface area contributed by atoms with E-state index in [1.165, 1.54) is 0 Å². The van der Waals surface area contributed by atoms with E-state index in [4.69, 9.17) is 10.8 Å². The number of likely N-dealkylation sites (tertiary alicyclic amines) is 1. The van der Waals surface area contributed by atoms with Crippen molar-refractivity contribution < 1.29 is 19.1 Å². The summed E-state index contributed by atoms with van der Waals surface area (Å²) in [5.41, 5.74) is 4.96. The number of aliphatic hydroxyl groups is 1. The first-order chi connectivity index (χ1) is 6.06. The van der Waals surface area contributed by atoms with Gasteiger partial charge in [0.1, 0.15) is 18.8 Å². The first-order valence-electron chi connectivity index (χ1n) is 3.90. The maximum atomic E-state index is 12.8. The van der Waals surface area contributed by atoms with Crippen LogP contribution in [0.4, 0.5) is 4.39 Å². The molecule has 0 radical (unpaired) electrons. The van der Waals surface area contributed by atoms with Gasteiger partial charge in [-0.2, -0.15) is 0 Å². The standard InChI is InChI=1S/C7H11FN2O3/c8-4-1-5(7(9)13)10(2-4)6(12)3-11/h4-5,11H,1-3H2,(H2,9,13)/t4-,5-/m0/s1. The summed E-state index contributed by atoms with van der Waals surface area (Å²) in [5, 5.41) is 8.52. The zero-order valence-corrected chi connectivity index (χ0v) is 6.94. The van der Waals surface area contributed by atoms with E-state index in [0.29, 0.717) is 0 Å². The SMILES string of the molecule is NC(=O)[C@@H]1C[C@H](F)CN1C(=O)CO. The van der Waals surface area contributed by atoms with E-state index in [2.05, 4.69) is 0 Å². The van der Waals surface area contributed by atoms with Crippen molar-refractivity contribution in [3.63, 3.8) is 0 Å². The molecule has 1 heterocycles. The van der Waals surface area contributed by atoms with Gasteiger partial charge >= 0.3 is 0 Å². The molecule has 1 rings (SSSR count). The highest BCUT2D eigenvalue weighted by Crippen LogP contribution is 2.19. The monoisotopic (exact) mass is 190 g/mol. The van der Waals surface area contributed by atoms with Crippen LogP contribution < -0.4 is 5.73 Å². The van der Waals surface area contributed by atoms with Gasteiger partial charge in [-0.3, -0.25) is 9.59 Å². The van der Waals surface area contributed by atoms with E-state index in [9.17, 15) is 14.0 Å². The van der Waals surface area contributed by atoms with Crippen LogP contribution in [0.15, 0.2) is 0 Å². The molecule has 0 aliphatic carbocycles. The van der Waals surface area contributed by atoms with E-state index in [-0.39, 0.29) is 13.0 Å². The number of alkyl halides is 1. The molecule has 0 saturated carbocycles. The fraction of sp³-hybridized carbons (Fsp3) is 0.714. The van der Waals surface area contributed by atoms with E-state index in [0.717, 1.165) is 4.90 Å². The van der Waals surface area contributed by atoms with Gasteiger partial charge in [0.2, 0.25) is 11.8 Å². The molecule has 5 nitrogen and oxygen atoms in total. The van der Waals surface area contributed by atoms with Gasteiger partial charge in [0.15, 0.2) is 0 Å². The van der Waals surface area contributed by atoms with Crippen LogP contribution in [0, 0.1) is 0 Å². The summed E-state index contributed by atoms with van der Waals surface area (Å²) in [7, 11) is 0. The highest BCUT2D eigenvalue weighted by atomic mass is 19.1. The summed E-state index contributed by atoms with van der Waals surface area (Å²) in [5.74, 6) is -1.40. The van der Waals surface area contributed by atoms with Gasteiger partial charge in [-0.25, -0.2) is 4.39 Å². The second-order valence-corrected chi connectivity index (χ2v) is 2.96. The Morgan fingerprint density at radius 2 is 2.23 bits per heavy atom.